The van der Waals surface area contributed by atoms with E-state index in [1.165, 1.54) is 0 Å². The van der Waals surface area contributed by atoms with Gasteiger partial charge in [0.25, 0.3) is 0 Å². The first-order valence-corrected chi connectivity index (χ1v) is 8.42. The highest BCUT2D eigenvalue weighted by Crippen LogP contribution is 2.24. The molecule has 1 aliphatic rings. The summed E-state index contributed by atoms with van der Waals surface area (Å²) in [5, 5.41) is 16.5. The van der Waals surface area contributed by atoms with E-state index >= 15 is 0 Å². The van der Waals surface area contributed by atoms with Crippen LogP contribution in [-0.2, 0) is 21.2 Å². The van der Waals surface area contributed by atoms with Gasteiger partial charge in [-0.3, -0.25) is 9.36 Å². The highest BCUT2D eigenvalue weighted by molar-refractivity contribution is 7.99. The maximum Gasteiger partial charge on any atom is 0.313 e. The van der Waals surface area contributed by atoms with Crippen LogP contribution in [0.5, 0.6) is 0 Å². The van der Waals surface area contributed by atoms with E-state index in [0.717, 1.165) is 11.8 Å². The summed E-state index contributed by atoms with van der Waals surface area (Å²) >= 11 is 1.02. The summed E-state index contributed by atoms with van der Waals surface area (Å²) in [4.78, 5) is 10.5. The lowest BCUT2D eigenvalue weighted by Crippen LogP contribution is -2.15. The van der Waals surface area contributed by atoms with Gasteiger partial charge in [-0.25, -0.2) is 8.42 Å². The molecule has 1 aliphatic heterocycles. The van der Waals surface area contributed by atoms with Crippen LogP contribution >= 0.6 is 11.8 Å². The molecule has 1 aromatic heterocycles. The maximum atomic E-state index is 11.4. The molecule has 0 radical (unpaired) electrons. The molecule has 1 saturated heterocycles. The van der Waals surface area contributed by atoms with E-state index in [0.29, 0.717) is 18.1 Å². The summed E-state index contributed by atoms with van der Waals surface area (Å²) in [5.41, 5.74) is 5.67. The van der Waals surface area contributed by atoms with Gasteiger partial charge in [-0.1, -0.05) is 11.8 Å². The minimum atomic E-state index is -2.95. The van der Waals surface area contributed by atoms with E-state index in [9.17, 15) is 13.2 Å². The van der Waals surface area contributed by atoms with Gasteiger partial charge in [-0.15, -0.1) is 10.2 Å². The highest BCUT2D eigenvalue weighted by Gasteiger charge is 2.29. The maximum absolute atomic E-state index is 11.4. The molecule has 19 heavy (non-hydrogen) atoms. The molecule has 10 heteroatoms. The first-order valence-electron chi connectivity index (χ1n) is 5.61. The Morgan fingerprint density at radius 3 is 2.84 bits per heavy atom. The number of nitrogen functional groups attached to an aromatic ring is 1. The molecular weight excluding hydrogens is 292 g/mol. The normalized spacial score (nSPS) is 21.6. The Hall–Kier alpha value is -1.29. The number of carboxylic acid groups (broad SMARTS) is 1. The van der Waals surface area contributed by atoms with Crippen LogP contribution in [0.3, 0.4) is 0 Å². The molecule has 2 rings (SSSR count). The summed E-state index contributed by atoms with van der Waals surface area (Å²) in [6, 6.07) is 0. The minimum Gasteiger partial charge on any atom is -0.481 e. The number of hydrogen-bond acceptors (Lipinski definition) is 7. The lowest BCUT2D eigenvalue weighted by Gasteiger charge is -2.11. The summed E-state index contributed by atoms with van der Waals surface area (Å²) in [6.07, 6.45) is 0.586. The Kier molecular flexibility index (Phi) is 3.99. The number of carboxylic acids is 1. The number of nitrogens with two attached hydrogens (primary N) is 1. The fraction of sp³-hybridized carbons (Fsp3) is 0.667. The zero-order valence-corrected chi connectivity index (χ0v) is 11.7. The first-order chi connectivity index (χ1) is 8.87. The van der Waals surface area contributed by atoms with E-state index in [-0.39, 0.29) is 29.1 Å². The van der Waals surface area contributed by atoms with Crippen molar-refractivity contribution in [2.24, 2.45) is 5.92 Å². The fourth-order valence-corrected chi connectivity index (χ4v) is 4.50. The average molecular weight is 306 g/mol. The first kappa shape index (κ1) is 14.1. The van der Waals surface area contributed by atoms with Gasteiger partial charge in [0.1, 0.15) is 0 Å². The zero-order chi connectivity index (χ0) is 14.0. The van der Waals surface area contributed by atoms with Crippen LogP contribution < -0.4 is 5.73 Å². The predicted molar refractivity (Wildman–Crippen MR) is 69.6 cm³/mol. The average Bonchev–Trinajstić information content (AvgIpc) is 2.82. The Morgan fingerprint density at radius 2 is 2.26 bits per heavy atom. The third kappa shape index (κ3) is 3.60. The molecule has 0 aliphatic carbocycles. The van der Waals surface area contributed by atoms with Gasteiger partial charge in [-0.2, -0.15) is 0 Å². The van der Waals surface area contributed by atoms with Gasteiger partial charge in [0.2, 0.25) is 5.95 Å². The molecule has 0 amide bonds. The van der Waals surface area contributed by atoms with Gasteiger partial charge < -0.3 is 10.8 Å². The number of hydrogen-bond donors (Lipinski definition) is 2. The van der Waals surface area contributed by atoms with Gasteiger partial charge >= 0.3 is 5.97 Å². The van der Waals surface area contributed by atoms with Crippen LogP contribution in [-0.4, -0.2) is 51.5 Å². The van der Waals surface area contributed by atoms with Crippen LogP contribution in [0.15, 0.2) is 5.16 Å². The minimum absolute atomic E-state index is 0.0209. The number of carbonyl (C=O) groups is 1. The monoisotopic (exact) mass is 306 g/mol. The second kappa shape index (κ2) is 5.37. The van der Waals surface area contributed by atoms with E-state index in [1.807, 2.05) is 0 Å². The number of thioether (sulfide) groups is 1. The summed E-state index contributed by atoms with van der Waals surface area (Å²) in [7, 11) is -2.95. The van der Waals surface area contributed by atoms with Gasteiger partial charge in [0.15, 0.2) is 15.0 Å². The van der Waals surface area contributed by atoms with Crippen molar-refractivity contribution < 1.29 is 18.3 Å². The summed E-state index contributed by atoms with van der Waals surface area (Å²) in [5.74, 6) is -0.613. The molecule has 0 spiro atoms. The molecule has 8 nitrogen and oxygen atoms in total. The molecule has 1 atom stereocenters. The number of nitrogens with zero attached hydrogens (tertiary/aromatic N) is 3. The lowest BCUT2D eigenvalue weighted by molar-refractivity contribution is -0.133. The quantitative estimate of drug-likeness (QED) is 0.695. The number of aliphatic carboxylic acids is 1. The van der Waals surface area contributed by atoms with Crippen molar-refractivity contribution >= 4 is 33.5 Å². The topological polar surface area (TPSA) is 128 Å². The molecule has 0 bridgehead atoms. The SMILES string of the molecule is Nc1nnc(SCC(=O)O)n1CC1CCS(=O)(=O)C1. The molecule has 2 heterocycles. The van der Waals surface area contributed by atoms with E-state index < -0.39 is 15.8 Å². The third-order valence-corrected chi connectivity index (χ3v) is 5.63. The van der Waals surface area contributed by atoms with Crippen molar-refractivity contribution in [2.45, 2.75) is 18.1 Å². The molecule has 0 saturated carbocycles. The Morgan fingerprint density at radius 1 is 1.53 bits per heavy atom. The zero-order valence-electron chi connectivity index (χ0n) is 10.0. The Labute approximate surface area is 114 Å². The molecule has 1 fully saturated rings. The van der Waals surface area contributed by atoms with Crippen molar-refractivity contribution in [3.8, 4) is 0 Å². The molecule has 1 unspecified atom stereocenters. The highest BCUT2D eigenvalue weighted by atomic mass is 32.2. The van der Waals surface area contributed by atoms with Gasteiger partial charge in [0.05, 0.1) is 17.3 Å². The van der Waals surface area contributed by atoms with Crippen molar-refractivity contribution in [2.75, 3.05) is 23.0 Å². The fourth-order valence-electron chi connectivity index (χ4n) is 1.98. The summed E-state index contributed by atoms with van der Waals surface area (Å²) < 4.78 is 24.4. The number of aromatic nitrogens is 3. The molecule has 106 valence electrons. The smallest absolute Gasteiger partial charge is 0.313 e. The van der Waals surface area contributed by atoms with Crippen LogP contribution in [0.4, 0.5) is 5.95 Å². The number of rotatable bonds is 5. The number of sulfone groups is 1. The summed E-state index contributed by atoms with van der Waals surface area (Å²) in [6.45, 7) is 0.403. The van der Waals surface area contributed by atoms with Crippen LogP contribution in [0.1, 0.15) is 6.42 Å². The van der Waals surface area contributed by atoms with Crippen LogP contribution in [0, 0.1) is 5.92 Å². The molecule has 1 aromatic rings. The van der Waals surface area contributed by atoms with Crippen molar-refractivity contribution in [1.82, 2.24) is 14.8 Å². The Balaban J connectivity index is 2.07. The Bertz CT molecular complexity index is 583. The largest absolute Gasteiger partial charge is 0.481 e. The van der Waals surface area contributed by atoms with Crippen LogP contribution in [0.25, 0.3) is 0 Å². The van der Waals surface area contributed by atoms with E-state index in [4.69, 9.17) is 10.8 Å². The number of anilines is 1. The second-order valence-electron chi connectivity index (χ2n) is 4.40. The van der Waals surface area contributed by atoms with E-state index in [2.05, 4.69) is 10.2 Å². The molecular formula is C9H14N4O4S2. The lowest BCUT2D eigenvalue weighted by atomic mass is 10.1. The predicted octanol–water partition coefficient (Wildman–Crippen LogP) is -0.528. The van der Waals surface area contributed by atoms with Gasteiger partial charge in [0, 0.05) is 6.54 Å². The van der Waals surface area contributed by atoms with Crippen molar-refractivity contribution in [1.29, 1.82) is 0 Å². The third-order valence-electron chi connectivity index (χ3n) is 2.84. The molecule has 0 aromatic carbocycles. The van der Waals surface area contributed by atoms with Gasteiger partial charge in [-0.05, 0) is 12.3 Å². The molecule has 3 N–H and O–H groups in total. The second-order valence-corrected chi connectivity index (χ2v) is 7.57. The van der Waals surface area contributed by atoms with E-state index in [1.54, 1.807) is 4.57 Å². The van der Waals surface area contributed by atoms with Crippen molar-refractivity contribution in [3.63, 3.8) is 0 Å². The van der Waals surface area contributed by atoms with Crippen LogP contribution in [0.2, 0.25) is 0 Å². The van der Waals surface area contributed by atoms with Crippen molar-refractivity contribution in [3.05, 3.63) is 0 Å². The standard InChI is InChI=1S/C9H14N4O4S2/c10-8-11-12-9(18-4-7(14)15)13(8)3-6-1-2-19(16,17)5-6/h6H,1-5H2,(H2,10,11)(H,14,15).